The lowest BCUT2D eigenvalue weighted by molar-refractivity contribution is 0.192. The third-order valence-corrected chi connectivity index (χ3v) is 4.59. The molecule has 0 bridgehead atoms. The number of pyridine rings is 1. The number of nitrogens with zero attached hydrogens (tertiary/aromatic N) is 1. The Bertz CT molecular complexity index is 339. The van der Waals surface area contributed by atoms with E-state index in [0.29, 0.717) is 6.04 Å². The Labute approximate surface area is 111 Å². The Morgan fingerprint density at radius 2 is 1.83 bits per heavy atom. The second-order valence-corrected chi connectivity index (χ2v) is 5.97. The van der Waals surface area contributed by atoms with Gasteiger partial charge >= 0.3 is 0 Å². The fourth-order valence-electron chi connectivity index (χ4n) is 3.38. The summed E-state index contributed by atoms with van der Waals surface area (Å²) in [4.78, 5) is 4.25. The van der Waals surface area contributed by atoms with Crippen molar-refractivity contribution in [2.45, 2.75) is 45.6 Å². The van der Waals surface area contributed by atoms with Gasteiger partial charge < -0.3 is 5.32 Å². The molecule has 1 aliphatic carbocycles. The molecule has 0 radical (unpaired) electrons. The third kappa shape index (κ3) is 3.11. The Hall–Kier alpha value is -0.890. The van der Waals surface area contributed by atoms with Crippen LogP contribution < -0.4 is 5.32 Å². The van der Waals surface area contributed by atoms with Crippen LogP contribution in [0.2, 0.25) is 0 Å². The average molecular weight is 246 g/mol. The normalized spacial score (nSPS) is 26.2. The van der Waals surface area contributed by atoms with E-state index in [1.165, 1.54) is 31.2 Å². The maximum atomic E-state index is 4.25. The maximum Gasteiger partial charge on any atom is 0.0361 e. The van der Waals surface area contributed by atoms with E-state index in [0.717, 1.165) is 17.8 Å². The van der Waals surface area contributed by atoms with Gasteiger partial charge in [0.25, 0.3) is 0 Å². The number of aromatic nitrogens is 1. The van der Waals surface area contributed by atoms with Crippen molar-refractivity contribution in [1.29, 1.82) is 0 Å². The molecule has 1 unspecified atom stereocenters. The summed E-state index contributed by atoms with van der Waals surface area (Å²) in [6, 6.07) is 4.72. The maximum absolute atomic E-state index is 4.25. The van der Waals surface area contributed by atoms with Crippen LogP contribution in [0.3, 0.4) is 0 Å². The highest BCUT2D eigenvalue weighted by molar-refractivity contribution is 5.15. The molecular weight excluding hydrogens is 220 g/mol. The van der Waals surface area contributed by atoms with Crippen LogP contribution in [0.5, 0.6) is 0 Å². The summed E-state index contributed by atoms with van der Waals surface area (Å²) in [5, 5.41) is 3.49. The minimum absolute atomic E-state index is 0.479. The topological polar surface area (TPSA) is 24.9 Å². The van der Waals surface area contributed by atoms with Crippen LogP contribution in [0.15, 0.2) is 24.5 Å². The van der Waals surface area contributed by atoms with Gasteiger partial charge in [-0.3, -0.25) is 4.98 Å². The van der Waals surface area contributed by atoms with E-state index >= 15 is 0 Å². The number of hydrogen-bond acceptors (Lipinski definition) is 2. The van der Waals surface area contributed by atoms with Gasteiger partial charge in [0.1, 0.15) is 0 Å². The highest BCUT2D eigenvalue weighted by atomic mass is 14.9. The Balaban J connectivity index is 1.99. The molecule has 1 aromatic rings. The van der Waals surface area contributed by atoms with Crippen molar-refractivity contribution in [2.75, 3.05) is 7.05 Å². The average Bonchev–Trinajstić information content (AvgIpc) is 2.41. The summed E-state index contributed by atoms with van der Waals surface area (Å²) in [5.74, 6) is 2.55. The molecule has 1 aliphatic rings. The zero-order valence-electron chi connectivity index (χ0n) is 11.9. The first-order valence-corrected chi connectivity index (χ1v) is 7.29. The molecule has 0 saturated heterocycles. The van der Waals surface area contributed by atoms with Crippen LogP contribution in [0.4, 0.5) is 0 Å². The summed E-state index contributed by atoms with van der Waals surface area (Å²) >= 11 is 0. The molecule has 1 atom stereocenters. The van der Waals surface area contributed by atoms with Gasteiger partial charge in [-0.25, -0.2) is 0 Å². The van der Waals surface area contributed by atoms with Crippen LogP contribution in [-0.2, 0) is 0 Å². The van der Waals surface area contributed by atoms with Gasteiger partial charge in [-0.2, -0.15) is 0 Å². The number of hydrogen-bond donors (Lipinski definition) is 1. The molecule has 0 amide bonds. The van der Waals surface area contributed by atoms with Gasteiger partial charge in [-0.1, -0.05) is 19.9 Å². The highest BCUT2D eigenvalue weighted by Gasteiger charge is 2.28. The summed E-state index contributed by atoms with van der Waals surface area (Å²) in [7, 11) is 2.08. The Morgan fingerprint density at radius 1 is 1.17 bits per heavy atom. The van der Waals surface area contributed by atoms with Gasteiger partial charge in [0.15, 0.2) is 0 Å². The predicted molar refractivity (Wildman–Crippen MR) is 76.3 cm³/mol. The molecule has 0 spiro atoms. The van der Waals surface area contributed by atoms with Crippen molar-refractivity contribution in [3.63, 3.8) is 0 Å². The standard InChI is InChI=1S/C16H26N2/c1-12(2)13-6-8-14(9-7-13)16(17-3)15-5-4-10-18-11-15/h4-5,10-14,16-17H,6-9H2,1-3H3. The summed E-state index contributed by atoms with van der Waals surface area (Å²) < 4.78 is 0. The van der Waals surface area contributed by atoms with Crippen molar-refractivity contribution in [3.8, 4) is 0 Å². The molecule has 2 rings (SSSR count). The SMILES string of the molecule is CNC(c1cccnc1)C1CCC(C(C)C)CC1. The largest absolute Gasteiger partial charge is 0.313 e. The first kappa shape index (κ1) is 13.5. The molecule has 1 aromatic heterocycles. The van der Waals surface area contributed by atoms with E-state index < -0.39 is 0 Å². The second kappa shape index (κ2) is 6.33. The number of rotatable bonds is 4. The quantitative estimate of drug-likeness (QED) is 0.874. The molecule has 100 valence electrons. The Kier molecular flexibility index (Phi) is 4.76. The molecule has 2 heteroatoms. The molecule has 0 aromatic carbocycles. The second-order valence-electron chi connectivity index (χ2n) is 5.97. The lowest BCUT2D eigenvalue weighted by Crippen LogP contribution is -2.29. The first-order chi connectivity index (χ1) is 8.72. The molecule has 2 nitrogen and oxygen atoms in total. The van der Waals surface area contributed by atoms with Crippen LogP contribution in [0.1, 0.15) is 51.1 Å². The van der Waals surface area contributed by atoms with E-state index in [9.17, 15) is 0 Å². The fourth-order valence-corrected chi connectivity index (χ4v) is 3.38. The van der Waals surface area contributed by atoms with Crippen LogP contribution >= 0.6 is 0 Å². The monoisotopic (exact) mass is 246 g/mol. The van der Waals surface area contributed by atoms with Gasteiger partial charge in [0.2, 0.25) is 0 Å². The van der Waals surface area contributed by atoms with Gasteiger partial charge in [-0.15, -0.1) is 0 Å². The Morgan fingerprint density at radius 3 is 2.33 bits per heavy atom. The molecular formula is C16H26N2. The van der Waals surface area contributed by atoms with E-state index in [1.807, 2.05) is 18.5 Å². The fraction of sp³-hybridized carbons (Fsp3) is 0.688. The number of nitrogens with one attached hydrogen (secondary N) is 1. The zero-order chi connectivity index (χ0) is 13.0. The van der Waals surface area contributed by atoms with Crippen molar-refractivity contribution in [2.24, 2.45) is 17.8 Å². The van der Waals surface area contributed by atoms with Gasteiger partial charge in [0, 0.05) is 18.4 Å². The molecule has 1 fully saturated rings. The summed E-state index contributed by atoms with van der Waals surface area (Å²) in [5.41, 5.74) is 1.34. The van der Waals surface area contributed by atoms with E-state index in [2.05, 4.69) is 37.3 Å². The minimum Gasteiger partial charge on any atom is -0.313 e. The lowest BCUT2D eigenvalue weighted by Gasteiger charge is -2.35. The van der Waals surface area contributed by atoms with Crippen molar-refractivity contribution < 1.29 is 0 Å². The van der Waals surface area contributed by atoms with Crippen LogP contribution in [0.25, 0.3) is 0 Å². The summed E-state index contributed by atoms with van der Waals surface area (Å²) in [6.45, 7) is 4.73. The van der Waals surface area contributed by atoms with Crippen molar-refractivity contribution in [3.05, 3.63) is 30.1 Å². The summed E-state index contributed by atoms with van der Waals surface area (Å²) in [6.07, 6.45) is 9.34. The van der Waals surface area contributed by atoms with Gasteiger partial charge in [0.05, 0.1) is 0 Å². The minimum atomic E-state index is 0.479. The van der Waals surface area contributed by atoms with Crippen LogP contribution in [0, 0.1) is 17.8 Å². The molecule has 1 N–H and O–H groups in total. The van der Waals surface area contributed by atoms with Crippen LogP contribution in [-0.4, -0.2) is 12.0 Å². The van der Waals surface area contributed by atoms with Crippen molar-refractivity contribution >= 4 is 0 Å². The predicted octanol–water partition coefficient (Wildman–Crippen LogP) is 3.80. The third-order valence-electron chi connectivity index (χ3n) is 4.59. The lowest BCUT2D eigenvalue weighted by atomic mass is 9.73. The highest BCUT2D eigenvalue weighted by Crippen LogP contribution is 2.38. The zero-order valence-corrected chi connectivity index (χ0v) is 11.9. The molecule has 0 aliphatic heterocycles. The smallest absolute Gasteiger partial charge is 0.0361 e. The van der Waals surface area contributed by atoms with Crippen molar-refractivity contribution in [1.82, 2.24) is 10.3 Å². The van der Waals surface area contributed by atoms with Gasteiger partial charge in [-0.05, 0) is 62.1 Å². The molecule has 1 heterocycles. The van der Waals surface area contributed by atoms with E-state index in [1.54, 1.807) is 0 Å². The molecule has 1 saturated carbocycles. The molecule has 18 heavy (non-hydrogen) atoms. The van der Waals surface area contributed by atoms with E-state index in [-0.39, 0.29) is 0 Å². The van der Waals surface area contributed by atoms with E-state index in [4.69, 9.17) is 0 Å². The first-order valence-electron chi connectivity index (χ1n) is 7.29.